The summed E-state index contributed by atoms with van der Waals surface area (Å²) in [6.07, 6.45) is 0.359. The van der Waals surface area contributed by atoms with Gasteiger partial charge in [0, 0.05) is 11.9 Å². The molecule has 3 N–H and O–H groups in total. The summed E-state index contributed by atoms with van der Waals surface area (Å²) in [7, 11) is 0. The van der Waals surface area contributed by atoms with Gasteiger partial charge in [-0.1, -0.05) is 0 Å². The summed E-state index contributed by atoms with van der Waals surface area (Å²) in [6, 6.07) is 0. The second-order valence-electron chi connectivity index (χ2n) is 3.26. The van der Waals surface area contributed by atoms with Gasteiger partial charge >= 0.3 is 5.97 Å². The maximum absolute atomic E-state index is 10.5. The SMILES string of the molecule is CC(O)CCNCc1csc(C(=O)O)n1. The van der Waals surface area contributed by atoms with E-state index in [9.17, 15) is 4.79 Å². The van der Waals surface area contributed by atoms with Gasteiger partial charge in [0.25, 0.3) is 0 Å². The van der Waals surface area contributed by atoms with Crippen LogP contribution in [0.1, 0.15) is 28.8 Å². The molecular formula is C9H14N2O3S. The molecule has 15 heavy (non-hydrogen) atoms. The van der Waals surface area contributed by atoms with Gasteiger partial charge < -0.3 is 15.5 Å². The first-order valence-electron chi connectivity index (χ1n) is 4.66. The Kier molecular flexibility index (Phi) is 4.67. The highest BCUT2D eigenvalue weighted by Gasteiger charge is 2.08. The highest BCUT2D eigenvalue weighted by Crippen LogP contribution is 2.09. The number of aliphatic hydroxyl groups excluding tert-OH is 1. The van der Waals surface area contributed by atoms with Gasteiger partial charge in [0.15, 0.2) is 0 Å². The van der Waals surface area contributed by atoms with Crippen LogP contribution in [0.5, 0.6) is 0 Å². The minimum absolute atomic E-state index is 0.113. The van der Waals surface area contributed by atoms with E-state index in [0.717, 1.165) is 17.0 Å². The molecule has 0 saturated heterocycles. The molecule has 0 aliphatic carbocycles. The number of aliphatic hydroxyl groups is 1. The smallest absolute Gasteiger partial charge is 0.365 e. The maximum atomic E-state index is 10.5. The van der Waals surface area contributed by atoms with Gasteiger partial charge in [-0.2, -0.15) is 0 Å². The van der Waals surface area contributed by atoms with E-state index >= 15 is 0 Å². The predicted octanol–water partition coefficient (Wildman–Crippen LogP) is 0.702. The van der Waals surface area contributed by atoms with Gasteiger partial charge in [0.2, 0.25) is 5.01 Å². The van der Waals surface area contributed by atoms with Gasteiger partial charge in [0.05, 0.1) is 11.8 Å². The number of hydrogen-bond donors (Lipinski definition) is 3. The molecule has 1 aromatic rings. The van der Waals surface area contributed by atoms with E-state index in [1.54, 1.807) is 12.3 Å². The van der Waals surface area contributed by atoms with Crippen LogP contribution in [-0.2, 0) is 6.54 Å². The molecule has 0 bridgehead atoms. The Morgan fingerprint density at radius 1 is 1.73 bits per heavy atom. The van der Waals surface area contributed by atoms with E-state index in [1.165, 1.54) is 0 Å². The number of carbonyl (C=O) groups is 1. The average molecular weight is 230 g/mol. The average Bonchev–Trinajstić information content (AvgIpc) is 2.60. The van der Waals surface area contributed by atoms with Crippen LogP contribution in [0.15, 0.2) is 5.38 Å². The monoisotopic (exact) mass is 230 g/mol. The van der Waals surface area contributed by atoms with Crippen LogP contribution in [0.25, 0.3) is 0 Å². The Bertz CT molecular complexity index is 325. The Morgan fingerprint density at radius 2 is 2.47 bits per heavy atom. The Morgan fingerprint density at radius 3 is 3.00 bits per heavy atom. The lowest BCUT2D eigenvalue weighted by molar-refractivity contribution is 0.0696. The molecule has 0 saturated carbocycles. The summed E-state index contributed by atoms with van der Waals surface area (Å²) in [6.45, 7) is 2.96. The first-order chi connectivity index (χ1) is 7.09. The number of hydrogen-bond acceptors (Lipinski definition) is 5. The summed E-state index contributed by atoms with van der Waals surface area (Å²) in [5, 5.41) is 22.5. The second-order valence-corrected chi connectivity index (χ2v) is 4.12. The standard InChI is InChI=1S/C9H14N2O3S/c1-6(12)2-3-10-4-7-5-15-8(11-7)9(13)14/h5-6,10,12H,2-4H2,1H3,(H,13,14). The first-order valence-corrected chi connectivity index (χ1v) is 5.54. The summed E-state index contributed by atoms with van der Waals surface area (Å²) < 4.78 is 0. The van der Waals surface area contributed by atoms with Crippen LogP contribution in [-0.4, -0.2) is 33.8 Å². The molecule has 0 radical (unpaired) electrons. The molecule has 1 heterocycles. The lowest BCUT2D eigenvalue weighted by Gasteiger charge is -2.04. The molecule has 1 aromatic heterocycles. The number of carboxylic acid groups (broad SMARTS) is 1. The van der Waals surface area contributed by atoms with E-state index in [-0.39, 0.29) is 11.1 Å². The minimum atomic E-state index is -0.991. The van der Waals surface area contributed by atoms with E-state index in [4.69, 9.17) is 10.2 Å². The summed E-state index contributed by atoms with van der Waals surface area (Å²) in [5.41, 5.74) is 0.725. The van der Waals surface area contributed by atoms with Crippen molar-refractivity contribution in [3.63, 3.8) is 0 Å². The fourth-order valence-electron chi connectivity index (χ4n) is 1.01. The lowest BCUT2D eigenvalue weighted by atomic mass is 10.3. The summed E-state index contributed by atoms with van der Waals surface area (Å²) in [5.74, 6) is -0.991. The zero-order valence-electron chi connectivity index (χ0n) is 8.43. The van der Waals surface area contributed by atoms with Crippen molar-refractivity contribution in [2.75, 3.05) is 6.54 Å². The normalized spacial score (nSPS) is 12.7. The lowest BCUT2D eigenvalue weighted by Crippen LogP contribution is -2.18. The van der Waals surface area contributed by atoms with Crippen molar-refractivity contribution < 1.29 is 15.0 Å². The Hall–Kier alpha value is -0.980. The third kappa shape index (κ3) is 4.37. The maximum Gasteiger partial charge on any atom is 0.365 e. The molecule has 6 heteroatoms. The number of rotatable bonds is 6. The number of nitrogens with zero attached hydrogens (tertiary/aromatic N) is 1. The van der Waals surface area contributed by atoms with Crippen LogP contribution in [0.3, 0.4) is 0 Å². The van der Waals surface area contributed by atoms with Crippen molar-refractivity contribution in [1.29, 1.82) is 0 Å². The third-order valence-corrected chi connectivity index (χ3v) is 2.66. The molecule has 1 atom stereocenters. The molecule has 0 aromatic carbocycles. The largest absolute Gasteiger partial charge is 0.476 e. The summed E-state index contributed by atoms with van der Waals surface area (Å²) >= 11 is 1.12. The van der Waals surface area contributed by atoms with Crippen LogP contribution in [0.2, 0.25) is 0 Å². The van der Waals surface area contributed by atoms with Gasteiger partial charge in [0.1, 0.15) is 0 Å². The van der Waals surface area contributed by atoms with Gasteiger partial charge in [-0.3, -0.25) is 0 Å². The Balaban J connectivity index is 2.29. The van der Waals surface area contributed by atoms with Crippen molar-refractivity contribution in [2.24, 2.45) is 0 Å². The first kappa shape index (κ1) is 12.1. The third-order valence-electron chi connectivity index (χ3n) is 1.78. The van der Waals surface area contributed by atoms with Crippen molar-refractivity contribution in [2.45, 2.75) is 26.0 Å². The van der Waals surface area contributed by atoms with Crippen LogP contribution in [0.4, 0.5) is 0 Å². The molecule has 0 spiro atoms. The molecular weight excluding hydrogens is 216 g/mol. The van der Waals surface area contributed by atoms with Gasteiger partial charge in [-0.25, -0.2) is 9.78 Å². The van der Waals surface area contributed by atoms with Crippen molar-refractivity contribution in [1.82, 2.24) is 10.3 Å². The van der Waals surface area contributed by atoms with Gasteiger partial charge in [-0.05, 0) is 19.9 Å². The molecule has 0 fully saturated rings. The van der Waals surface area contributed by atoms with Crippen LogP contribution >= 0.6 is 11.3 Å². The highest BCUT2D eigenvalue weighted by molar-refractivity contribution is 7.11. The molecule has 84 valence electrons. The topological polar surface area (TPSA) is 82.5 Å². The number of aromatic nitrogens is 1. The fourth-order valence-corrected chi connectivity index (χ4v) is 1.67. The molecule has 5 nitrogen and oxygen atoms in total. The summed E-state index contributed by atoms with van der Waals surface area (Å²) in [4.78, 5) is 14.4. The van der Waals surface area contributed by atoms with Gasteiger partial charge in [-0.15, -0.1) is 11.3 Å². The predicted molar refractivity (Wildman–Crippen MR) is 57.1 cm³/mol. The zero-order chi connectivity index (χ0) is 11.3. The van der Waals surface area contributed by atoms with E-state index in [0.29, 0.717) is 19.5 Å². The number of aromatic carboxylic acids is 1. The number of carboxylic acids is 1. The van der Waals surface area contributed by atoms with Crippen molar-refractivity contribution in [3.8, 4) is 0 Å². The number of nitrogens with one attached hydrogen (secondary N) is 1. The van der Waals surface area contributed by atoms with E-state index < -0.39 is 5.97 Å². The minimum Gasteiger partial charge on any atom is -0.476 e. The zero-order valence-corrected chi connectivity index (χ0v) is 9.25. The highest BCUT2D eigenvalue weighted by atomic mass is 32.1. The molecule has 1 rings (SSSR count). The van der Waals surface area contributed by atoms with E-state index in [2.05, 4.69) is 10.3 Å². The molecule has 0 aliphatic rings. The van der Waals surface area contributed by atoms with E-state index in [1.807, 2.05) is 0 Å². The second kappa shape index (κ2) is 5.79. The number of thiazole rings is 1. The molecule has 0 amide bonds. The van der Waals surface area contributed by atoms with Crippen LogP contribution < -0.4 is 5.32 Å². The Labute approximate surface area is 91.8 Å². The quantitative estimate of drug-likeness (QED) is 0.627. The van der Waals surface area contributed by atoms with Crippen LogP contribution in [0, 0.1) is 0 Å². The fraction of sp³-hybridized carbons (Fsp3) is 0.556. The molecule has 1 unspecified atom stereocenters. The van der Waals surface area contributed by atoms with Crippen molar-refractivity contribution in [3.05, 3.63) is 16.1 Å². The van der Waals surface area contributed by atoms with Crippen molar-refractivity contribution >= 4 is 17.3 Å². The molecule has 0 aliphatic heterocycles.